The summed E-state index contributed by atoms with van der Waals surface area (Å²) in [5.41, 5.74) is 3.10. The number of carbonyl (C=O) groups excluding carboxylic acids is 1. The molecule has 2 aromatic carbocycles. The van der Waals surface area contributed by atoms with Crippen LogP contribution in [-0.4, -0.2) is 19.1 Å². The lowest BCUT2D eigenvalue weighted by Crippen LogP contribution is -2.15. The minimum atomic E-state index is -0.0290. The Morgan fingerprint density at radius 2 is 1.83 bits per heavy atom. The molecular formula is C19H24N2O2. The summed E-state index contributed by atoms with van der Waals surface area (Å²) in [7, 11) is 0. The van der Waals surface area contributed by atoms with E-state index < -0.39 is 0 Å². The Morgan fingerprint density at radius 3 is 2.61 bits per heavy atom. The standard InChI is InChI=1S/C19H24N2O2/c1-2-20-14-17-9-6-10-18(13-17)21-19(22)11-12-23-15-16-7-4-3-5-8-16/h3-10,13,20H,2,11-12,14-15H2,1H3,(H,21,22). The van der Waals surface area contributed by atoms with Gasteiger partial charge in [0.2, 0.25) is 5.91 Å². The molecule has 0 bridgehead atoms. The third-order valence-corrected chi connectivity index (χ3v) is 3.37. The molecule has 0 unspecified atom stereocenters. The zero-order valence-corrected chi connectivity index (χ0v) is 13.5. The highest BCUT2D eigenvalue weighted by atomic mass is 16.5. The molecule has 2 aromatic rings. The number of hydrogen-bond acceptors (Lipinski definition) is 3. The van der Waals surface area contributed by atoms with Gasteiger partial charge in [-0.25, -0.2) is 0 Å². The number of anilines is 1. The Hall–Kier alpha value is -2.17. The topological polar surface area (TPSA) is 50.4 Å². The Bertz CT molecular complexity index is 599. The van der Waals surface area contributed by atoms with Crippen molar-refractivity contribution in [1.82, 2.24) is 5.32 Å². The summed E-state index contributed by atoms with van der Waals surface area (Å²) in [4.78, 5) is 11.9. The summed E-state index contributed by atoms with van der Waals surface area (Å²) in [5.74, 6) is -0.0290. The lowest BCUT2D eigenvalue weighted by molar-refractivity contribution is -0.117. The van der Waals surface area contributed by atoms with Crippen molar-refractivity contribution >= 4 is 11.6 Å². The molecule has 0 radical (unpaired) electrons. The van der Waals surface area contributed by atoms with Crippen LogP contribution < -0.4 is 10.6 Å². The van der Waals surface area contributed by atoms with Gasteiger partial charge >= 0.3 is 0 Å². The van der Waals surface area contributed by atoms with Crippen molar-refractivity contribution in [2.45, 2.75) is 26.5 Å². The van der Waals surface area contributed by atoms with Gasteiger partial charge in [0.1, 0.15) is 0 Å². The summed E-state index contributed by atoms with van der Waals surface area (Å²) in [6.45, 7) is 4.75. The highest BCUT2D eigenvalue weighted by Crippen LogP contribution is 2.11. The number of ether oxygens (including phenoxy) is 1. The molecule has 0 spiro atoms. The van der Waals surface area contributed by atoms with Crippen molar-refractivity contribution in [2.24, 2.45) is 0 Å². The van der Waals surface area contributed by atoms with Crippen molar-refractivity contribution in [1.29, 1.82) is 0 Å². The van der Waals surface area contributed by atoms with Crippen molar-refractivity contribution in [3.8, 4) is 0 Å². The second kappa shape index (κ2) is 9.77. The van der Waals surface area contributed by atoms with Gasteiger partial charge in [-0.1, -0.05) is 49.4 Å². The van der Waals surface area contributed by atoms with E-state index in [4.69, 9.17) is 4.74 Å². The van der Waals surface area contributed by atoms with Gasteiger partial charge in [0.15, 0.2) is 0 Å². The minimum Gasteiger partial charge on any atom is -0.376 e. The van der Waals surface area contributed by atoms with Crippen molar-refractivity contribution in [3.05, 3.63) is 65.7 Å². The largest absolute Gasteiger partial charge is 0.376 e. The van der Waals surface area contributed by atoms with E-state index in [1.165, 1.54) is 0 Å². The predicted molar refractivity (Wildman–Crippen MR) is 93.2 cm³/mol. The fourth-order valence-electron chi connectivity index (χ4n) is 2.18. The highest BCUT2D eigenvalue weighted by molar-refractivity contribution is 5.90. The summed E-state index contributed by atoms with van der Waals surface area (Å²) < 4.78 is 5.53. The molecule has 0 atom stereocenters. The first-order valence-corrected chi connectivity index (χ1v) is 7.99. The molecule has 0 saturated heterocycles. The monoisotopic (exact) mass is 312 g/mol. The van der Waals surface area contributed by atoms with E-state index in [0.717, 1.165) is 29.9 Å². The summed E-state index contributed by atoms with van der Waals surface area (Å²) in [5, 5.41) is 6.18. The molecular weight excluding hydrogens is 288 g/mol. The molecule has 4 nitrogen and oxygen atoms in total. The fourth-order valence-corrected chi connectivity index (χ4v) is 2.18. The van der Waals surface area contributed by atoms with Gasteiger partial charge in [0.05, 0.1) is 19.6 Å². The van der Waals surface area contributed by atoms with E-state index in [0.29, 0.717) is 19.6 Å². The number of benzene rings is 2. The molecule has 0 fully saturated rings. The van der Waals surface area contributed by atoms with Crippen LogP contribution in [-0.2, 0) is 22.7 Å². The maximum absolute atomic E-state index is 11.9. The molecule has 23 heavy (non-hydrogen) atoms. The van der Waals surface area contributed by atoms with Crippen LogP contribution in [0, 0.1) is 0 Å². The normalized spacial score (nSPS) is 10.5. The molecule has 0 aliphatic rings. The number of amides is 1. The predicted octanol–water partition coefficient (Wildman–Crippen LogP) is 3.34. The number of rotatable bonds is 9. The summed E-state index contributed by atoms with van der Waals surface area (Å²) >= 11 is 0. The Balaban J connectivity index is 1.70. The molecule has 0 aliphatic carbocycles. The average Bonchev–Trinajstić information content (AvgIpc) is 2.58. The van der Waals surface area contributed by atoms with E-state index in [2.05, 4.69) is 17.6 Å². The van der Waals surface area contributed by atoms with Crippen LogP contribution in [0.5, 0.6) is 0 Å². The maximum Gasteiger partial charge on any atom is 0.226 e. The molecule has 0 saturated carbocycles. The van der Waals surface area contributed by atoms with Crippen LogP contribution in [0.4, 0.5) is 5.69 Å². The van der Waals surface area contributed by atoms with Gasteiger partial charge in [-0.3, -0.25) is 4.79 Å². The summed E-state index contributed by atoms with van der Waals surface area (Å²) in [6.07, 6.45) is 0.351. The number of hydrogen-bond donors (Lipinski definition) is 2. The molecule has 0 aliphatic heterocycles. The Morgan fingerprint density at radius 1 is 1.04 bits per heavy atom. The first kappa shape index (κ1) is 17.2. The van der Waals surface area contributed by atoms with Crippen LogP contribution in [0.15, 0.2) is 54.6 Å². The first-order chi connectivity index (χ1) is 11.3. The average molecular weight is 312 g/mol. The third kappa shape index (κ3) is 6.63. The molecule has 4 heteroatoms. The van der Waals surface area contributed by atoms with Gasteiger partial charge in [-0.2, -0.15) is 0 Å². The Labute approximate surface area is 137 Å². The molecule has 1 amide bonds. The van der Waals surface area contributed by atoms with E-state index in [1.54, 1.807) is 0 Å². The van der Waals surface area contributed by atoms with Crippen molar-refractivity contribution < 1.29 is 9.53 Å². The van der Waals surface area contributed by atoms with E-state index in [1.807, 2.05) is 54.6 Å². The Kier molecular flexibility index (Phi) is 7.30. The van der Waals surface area contributed by atoms with Gasteiger partial charge < -0.3 is 15.4 Å². The molecule has 122 valence electrons. The van der Waals surface area contributed by atoms with E-state index in [-0.39, 0.29) is 5.91 Å². The van der Waals surface area contributed by atoms with E-state index in [9.17, 15) is 4.79 Å². The van der Waals surface area contributed by atoms with Gasteiger partial charge in [0.25, 0.3) is 0 Å². The van der Waals surface area contributed by atoms with Crippen LogP contribution in [0.2, 0.25) is 0 Å². The molecule has 2 N–H and O–H groups in total. The maximum atomic E-state index is 11.9. The highest BCUT2D eigenvalue weighted by Gasteiger charge is 2.03. The number of nitrogens with one attached hydrogen (secondary N) is 2. The lowest BCUT2D eigenvalue weighted by atomic mass is 10.2. The van der Waals surface area contributed by atoms with Gasteiger partial charge in [-0.15, -0.1) is 0 Å². The zero-order chi connectivity index (χ0) is 16.3. The van der Waals surface area contributed by atoms with Gasteiger partial charge in [0, 0.05) is 12.2 Å². The molecule has 0 heterocycles. The zero-order valence-electron chi connectivity index (χ0n) is 13.5. The second-order valence-electron chi connectivity index (χ2n) is 5.32. The van der Waals surface area contributed by atoms with Gasteiger partial charge in [-0.05, 0) is 29.8 Å². The minimum absolute atomic E-state index is 0.0290. The molecule has 2 rings (SSSR count). The van der Waals surface area contributed by atoms with E-state index >= 15 is 0 Å². The van der Waals surface area contributed by atoms with Crippen LogP contribution in [0.25, 0.3) is 0 Å². The van der Waals surface area contributed by atoms with Crippen molar-refractivity contribution in [3.63, 3.8) is 0 Å². The van der Waals surface area contributed by atoms with Crippen LogP contribution in [0.1, 0.15) is 24.5 Å². The SMILES string of the molecule is CCNCc1cccc(NC(=O)CCOCc2ccccc2)c1. The first-order valence-electron chi connectivity index (χ1n) is 7.99. The third-order valence-electron chi connectivity index (χ3n) is 3.37. The smallest absolute Gasteiger partial charge is 0.226 e. The summed E-state index contributed by atoms with van der Waals surface area (Å²) in [6, 6.07) is 17.8. The lowest BCUT2D eigenvalue weighted by Gasteiger charge is -2.08. The van der Waals surface area contributed by atoms with Crippen molar-refractivity contribution in [2.75, 3.05) is 18.5 Å². The number of carbonyl (C=O) groups is 1. The quantitative estimate of drug-likeness (QED) is 0.698. The molecule has 0 aromatic heterocycles. The van der Waals surface area contributed by atoms with Crippen LogP contribution >= 0.6 is 0 Å². The van der Waals surface area contributed by atoms with Crippen LogP contribution in [0.3, 0.4) is 0 Å². The second-order valence-corrected chi connectivity index (χ2v) is 5.32. The fraction of sp³-hybridized carbons (Fsp3) is 0.316.